The van der Waals surface area contributed by atoms with Gasteiger partial charge in [0.25, 0.3) is 0 Å². The normalized spacial score (nSPS) is 13.2. The van der Waals surface area contributed by atoms with Gasteiger partial charge in [0.15, 0.2) is 5.76 Å². The molecule has 0 atom stereocenters. The van der Waals surface area contributed by atoms with Crippen LogP contribution < -0.4 is 5.73 Å². The number of aromatic carboxylic acids is 1. The van der Waals surface area contributed by atoms with Crippen molar-refractivity contribution in [1.29, 1.82) is 0 Å². The van der Waals surface area contributed by atoms with Crippen molar-refractivity contribution in [3.63, 3.8) is 0 Å². The molecule has 0 saturated heterocycles. The number of alkyl halides is 3. The van der Waals surface area contributed by atoms with Gasteiger partial charge in [0, 0.05) is 0 Å². The van der Waals surface area contributed by atoms with Crippen LogP contribution in [0.2, 0.25) is 0 Å². The highest BCUT2D eigenvalue weighted by Crippen LogP contribution is 2.23. The molecule has 3 N–H and O–H groups in total. The average Bonchev–Trinajstić information content (AvgIpc) is 3.00. The second-order valence-corrected chi connectivity index (χ2v) is 4.42. The lowest BCUT2D eigenvalue weighted by atomic mass is 10.2. The summed E-state index contributed by atoms with van der Waals surface area (Å²) in [4.78, 5) is 14.8. The summed E-state index contributed by atoms with van der Waals surface area (Å²) >= 11 is 0. The Labute approximate surface area is 128 Å². The molecule has 120 valence electrons. The van der Waals surface area contributed by atoms with E-state index in [1.165, 1.54) is 42.7 Å². The molecule has 0 radical (unpaired) electrons. The number of nitrogens with zero attached hydrogens (tertiary/aromatic N) is 1. The van der Waals surface area contributed by atoms with E-state index in [1.54, 1.807) is 0 Å². The first-order chi connectivity index (χ1) is 10.8. The second-order valence-electron chi connectivity index (χ2n) is 4.42. The van der Waals surface area contributed by atoms with Crippen LogP contribution in [-0.4, -0.2) is 23.0 Å². The Kier molecular flexibility index (Phi) is 4.54. The van der Waals surface area contributed by atoms with E-state index in [0.717, 1.165) is 0 Å². The third kappa shape index (κ3) is 4.22. The molecule has 2 rings (SSSR count). The maximum Gasteiger partial charge on any atom is 0.430 e. The number of carboxylic acid groups (broad SMARTS) is 1. The van der Waals surface area contributed by atoms with E-state index in [1.807, 2.05) is 0 Å². The molecule has 8 heteroatoms. The Balaban J connectivity index is 2.43. The molecule has 1 aromatic heterocycles. The summed E-state index contributed by atoms with van der Waals surface area (Å²) in [6, 6.07) is 8.24. The summed E-state index contributed by atoms with van der Waals surface area (Å²) in [7, 11) is 0. The van der Waals surface area contributed by atoms with E-state index >= 15 is 0 Å². The summed E-state index contributed by atoms with van der Waals surface area (Å²) in [5.74, 6) is -1.02. The molecule has 1 aromatic carbocycles. The van der Waals surface area contributed by atoms with Crippen molar-refractivity contribution in [2.45, 2.75) is 6.18 Å². The molecule has 5 nitrogen and oxygen atoms in total. The van der Waals surface area contributed by atoms with Crippen LogP contribution in [0, 0.1) is 0 Å². The number of carbonyl (C=O) groups is 1. The van der Waals surface area contributed by atoms with Crippen molar-refractivity contribution in [3.05, 3.63) is 65.8 Å². The fraction of sp³-hybridized carbons (Fsp3) is 0.0667. The van der Waals surface area contributed by atoms with E-state index in [4.69, 9.17) is 15.3 Å². The van der Waals surface area contributed by atoms with Gasteiger partial charge >= 0.3 is 12.1 Å². The number of carboxylic acids is 1. The summed E-state index contributed by atoms with van der Waals surface area (Å²) < 4.78 is 42.8. The minimum absolute atomic E-state index is 0.0360. The summed E-state index contributed by atoms with van der Waals surface area (Å²) in [6.07, 6.45) is -2.75. The van der Waals surface area contributed by atoms with Crippen LogP contribution in [0.4, 0.5) is 18.9 Å². The molecule has 0 saturated carbocycles. The molecule has 0 aliphatic heterocycles. The highest BCUT2D eigenvalue weighted by Gasteiger charge is 2.32. The lowest BCUT2D eigenvalue weighted by Crippen LogP contribution is -2.20. The largest absolute Gasteiger partial charge is 0.478 e. The zero-order chi connectivity index (χ0) is 17.0. The monoisotopic (exact) mass is 324 g/mol. The van der Waals surface area contributed by atoms with Crippen LogP contribution in [0.3, 0.4) is 0 Å². The third-order valence-corrected chi connectivity index (χ3v) is 2.76. The number of furan rings is 1. The van der Waals surface area contributed by atoms with Crippen LogP contribution in [-0.2, 0) is 0 Å². The quantitative estimate of drug-likeness (QED) is 0.842. The lowest BCUT2D eigenvalue weighted by Gasteiger charge is -2.07. The molecular weight excluding hydrogens is 313 g/mol. The van der Waals surface area contributed by atoms with Gasteiger partial charge in [0.2, 0.25) is 0 Å². The molecule has 2 aromatic rings. The number of nitrogens with two attached hydrogens (primary N) is 1. The van der Waals surface area contributed by atoms with E-state index in [9.17, 15) is 18.0 Å². The van der Waals surface area contributed by atoms with Crippen molar-refractivity contribution < 1.29 is 27.5 Å². The fourth-order valence-electron chi connectivity index (χ4n) is 1.63. The number of allylic oxidation sites excluding steroid dienone is 2. The first kappa shape index (κ1) is 16.3. The van der Waals surface area contributed by atoms with E-state index in [-0.39, 0.29) is 22.7 Å². The maximum absolute atomic E-state index is 12.6. The van der Waals surface area contributed by atoms with Crippen molar-refractivity contribution in [1.82, 2.24) is 0 Å². The number of hydrogen-bond donors (Lipinski definition) is 2. The number of rotatable bonds is 4. The van der Waals surface area contributed by atoms with E-state index < -0.39 is 17.8 Å². The molecule has 1 heterocycles. The van der Waals surface area contributed by atoms with Gasteiger partial charge in [0.1, 0.15) is 11.4 Å². The standard InChI is InChI=1S/C15H11F3N2O3/c16-15(17,18)13(19)8-11(12-2-1-7-23-12)20-10-5-3-9(4-6-10)14(21)22/h1-8H,19H2,(H,21,22)/b13-8-,20-11?. The number of halogens is 3. The Hall–Kier alpha value is -3.03. The van der Waals surface area contributed by atoms with Gasteiger partial charge in [0.05, 0.1) is 17.5 Å². The van der Waals surface area contributed by atoms with Crippen molar-refractivity contribution in [3.8, 4) is 0 Å². The lowest BCUT2D eigenvalue weighted by molar-refractivity contribution is -0.0925. The average molecular weight is 324 g/mol. The molecule has 0 aliphatic rings. The van der Waals surface area contributed by atoms with Gasteiger partial charge < -0.3 is 15.3 Å². The minimum atomic E-state index is -4.69. The van der Waals surface area contributed by atoms with Gasteiger partial charge in [-0.05, 0) is 42.5 Å². The minimum Gasteiger partial charge on any atom is -0.478 e. The van der Waals surface area contributed by atoms with Crippen LogP contribution >= 0.6 is 0 Å². The molecule has 0 spiro atoms. The highest BCUT2D eigenvalue weighted by atomic mass is 19.4. The number of hydrogen-bond acceptors (Lipinski definition) is 4. The summed E-state index contributed by atoms with van der Waals surface area (Å²) in [6.45, 7) is 0. The fourth-order valence-corrected chi connectivity index (χ4v) is 1.63. The van der Waals surface area contributed by atoms with Crippen LogP contribution in [0.1, 0.15) is 16.1 Å². The molecule has 0 fully saturated rings. The number of benzene rings is 1. The van der Waals surface area contributed by atoms with Gasteiger partial charge in [-0.25, -0.2) is 9.79 Å². The molecule has 0 aliphatic carbocycles. The Morgan fingerprint density at radius 3 is 2.35 bits per heavy atom. The zero-order valence-electron chi connectivity index (χ0n) is 11.5. The first-order valence-corrected chi connectivity index (χ1v) is 6.27. The molecular formula is C15H11F3N2O3. The highest BCUT2D eigenvalue weighted by molar-refractivity contribution is 6.08. The summed E-state index contributed by atoms with van der Waals surface area (Å²) in [5.41, 5.74) is 3.85. The van der Waals surface area contributed by atoms with Crippen molar-refractivity contribution >= 4 is 17.4 Å². The predicted molar refractivity (Wildman–Crippen MR) is 76.6 cm³/mol. The van der Waals surface area contributed by atoms with Crippen LogP contribution in [0.25, 0.3) is 0 Å². The molecule has 0 amide bonds. The Bertz CT molecular complexity index is 745. The van der Waals surface area contributed by atoms with Gasteiger partial charge in [-0.15, -0.1) is 0 Å². The first-order valence-electron chi connectivity index (χ1n) is 6.27. The Morgan fingerprint density at radius 2 is 1.87 bits per heavy atom. The van der Waals surface area contributed by atoms with Gasteiger partial charge in [-0.2, -0.15) is 13.2 Å². The second kappa shape index (κ2) is 6.39. The third-order valence-electron chi connectivity index (χ3n) is 2.76. The topological polar surface area (TPSA) is 88.8 Å². The predicted octanol–water partition coefficient (Wildman–Crippen LogP) is 3.50. The molecule has 0 bridgehead atoms. The Morgan fingerprint density at radius 1 is 1.22 bits per heavy atom. The SMILES string of the molecule is N/C(=C\C(=Nc1ccc(C(=O)O)cc1)c1ccco1)C(F)(F)F. The van der Waals surface area contributed by atoms with Crippen LogP contribution in [0.15, 0.2) is 63.8 Å². The van der Waals surface area contributed by atoms with E-state index in [0.29, 0.717) is 6.08 Å². The smallest absolute Gasteiger partial charge is 0.430 e. The zero-order valence-corrected chi connectivity index (χ0v) is 11.5. The molecule has 0 unspecified atom stereocenters. The van der Waals surface area contributed by atoms with Gasteiger partial charge in [-0.3, -0.25) is 0 Å². The van der Waals surface area contributed by atoms with Crippen molar-refractivity contribution in [2.75, 3.05) is 0 Å². The van der Waals surface area contributed by atoms with E-state index in [2.05, 4.69) is 4.99 Å². The summed E-state index contributed by atoms with van der Waals surface area (Å²) in [5, 5.41) is 8.81. The van der Waals surface area contributed by atoms with Gasteiger partial charge in [-0.1, -0.05) is 0 Å². The van der Waals surface area contributed by atoms with Crippen LogP contribution in [0.5, 0.6) is 0 Å². The van der Waals surface area contributed by atoms with Crippen molar-refractivity contribution in [2.24, 2.45) is 10.7 Å². The number of aliphatic imine (C=N–C) groups is 1. The molecule has 23 heavy (non-hydrogen) atoms. The maximum atomic E-state index is 12.6.